The van der Waals surface area contributed by atoms with Crippen molar-refractivity contribution in [3.05, 3.63) is 57.9 Å². The zero-order valence-electron chi connectivity index (χ0n) is 13.0. The van der Waals surface area contributed by atoms with Gasteiger partial charge in [-0.25, -0.2) is 4.79 Å². The average Bonchev–Trinajstić information content (AvgIpc) is 2.91. The molecule has 2 heterocycles. The Labute approximate surface area is 143 Å². The number of amides is 3. The van der Waals surface area contributed by atoms with Crippen molar-refractivity contribution in [3.8, 4) is 0 Å². The maximum atomic E-state index is 12.7. The van der Waals surface area contributed by atoms with E-state index in [0.717, 1.165) is 0 Å². The highest BCUT2D eigenvalue weighted by Gasteiger charge is 2.32. The Morgan fingerprint density at radius 2 is 2.08 bits per heavy atom. The first-order chi connectivity index (χ1) is 11.5. The van der Waals surface area contributed by atoms with E-state index in [9.17, 15) is 9.59 Å². The van der Waals surface area contributed by atoms with Gasteiger partial charge >= 0.3 is 6.03 Å². The topological polar surface area (TPSA) is 96.3 Å². The van der Waals surface area contributed by atoms with Crippen molar-refractivity contribution in [1.29, 1.82) is 0 Å². The van der Waals surface area contributed by atoms with Gasteiger partial charge in [-0.05, 0) is 25.5 Å². The number of benzene rings is 1. The summed E-state index contributed by atoms with van der Waals surface area (Å²) in [5, 5.41) is 12.2. The molecule has 0 aliphatic carbocycles. The van der Waals surface area contributed by atoms with Crippen molar-refractivity contribution in [1.82, 2.24) is 15.8 Å². The first-order valence-electron chi connectivity index (χ1n) is 7.23. The van der Waals surface area contributed by atoms with Crippen LogP contribution in [0.1, 0.15) is 24.3 Å². The highest BCUT2D eigenvalue weighted by molar-refractivity contribution is 6.31. The molecule has 1 aromatic heterocycles. The first kappa shape index (κ1) is 16.1. The van der Waals surface area contributed by atoms with Gasteiger partial charge in [-0.3, -0.25) is 4.79 Å². The number of nitrogens with zero attached hydrogens (tertiary/aromatic N) is 1. The Balaban J connectivity index is 1.97. The van der Waals surface area contributed by atoms with Gasteiger partial charge in [-0.1, -0.05) is 35.0 Å². The highest BCUT2D eigenvalue weighted by Crippen LogP contribution is 2.31. The molecular formula is C16H15ClN4O3. The van der Waals surface area contributed by atoms with Gasteiger partial charge in [0, 0.05) is 16.8 Å². The third kappa shape index (κ3) is 3.11. The van der Waals surface area contributed by atoms with Crippen molar-refractivity contribution in [3.63, 3.8) is 0 Å². The van der Waals surface area contributed by atoms with Crippen LogP contribution in [0.3, 0.4) is 0 Å². The number of carbonyl (C=O) groups excluding carboxylic acids is 2. The van der Waals surface area contributed by atoms with Gasteiger partial charge < -0.3 is 20.5 Å². The number of allylic oxidation sites excluding steroid dienone is 1. The molecule has 3 rings (SSSR count). The minimum atomic E-state index is -0.666. The minimum absolute atomic E-state index is 0.299. The van der Waals surface area contributed by atoms with Crippen molar-refractivity contribution < 1.29 is 14.1 Å². The quantitative estimate of drug-likeness (QED) is 0.796. The van der Waals surface area contributed by atoms with Crippen molar-refractivity contribution >= 4 is 29.4 Å². The third-order valence-electron chi connectivity index (χ3n) is 3.60. The Hall–Kier alpha value is -2.80. The zero-order valence-corrected chi connectivity index (χ0v) is 13.8. The summed E-state index contributed by atoms with van der Waals surface area (Å²) in [4.78, 5) is 24.5. The molecule has 0 spiro atoms. The molecule has 3 N–H and O–H groups in total. The van der Waals surface area contributed by atoms with E-state index in [1.165, 1.54) is 0 Å². The summed E-state index contributed by atoms with van der Waals surface area (Å²) in [6.07, 6.45) is 0. The standard InChI is InChI=1S/C16H15ClN4O3/c1-8-7-12(21-24-8)19-15(22)13-9(2)18-16(23)20-14(13)10-5-3-4-6-11(10)17/h3-7,14H,1-2H3,(H2,18,20,23)(H,19,21,22). The molecule has 2 aromatic rings. The largest absolute Gasteiger partial charge is 0.360 e. The highest BCUT2D eigenvalue weighted by atomic mass is 35.5. The number of aromatic nitrogens is 1. The van der Waals surface area contributed by atoms with Gasteiger partial charge in [0.15, 0.2) is 5.82 Å². The normalized spacial score (nSPS) is 17.3. The molecule has 1 atom stereocenters. The van der Waals surface area contributed by atoms with E-state index in [4.69, 9.17) is 16.1 Å². The van der Waals surface area contributed by atoms with Crippen LogP contribution >= 0.6 is 11.6 Å². The summed E-state index contributed by atoms with van der Waals surface area (Å²) < 4.78 is 4.94. The summed E-state index contributed by atoms with van der Waals surface area (Å²) in [7, 11) is 0. The second-order valence-corrected chi connectivity index (χ2v) is 5.78. The lowest BCUT2D eigenvalue weighted by Crippen LogP contribution is -2.46. The smallest absolute Gasteiger partial charge is 0.319 e. The molecule has 3 amide bonds. The molecule has 0 radical (unpaired) electrons. The summed E-state index contributed by atoms with van der Waals surface area (Å²) in [6.45, 7) is 3.38. The Kier molecular flexibility index (Phi) is 4.26. The van der Waals surface area contributed by atoms with Gasteiger partial charge in [-0.2, -0.15) is 0 Å². The van der Waals surface area contributed by atoms with E-state index >= 15 is 0 Å². The Bertz CT molecular complexity index is 843. The molecule has 0 saturated heterocycles. The van der Waals surface area contributed by atoms with Crippen LogP contribution in [0.5, 0.6) is 0 Å². The van der Waals surface area contributed by atoms with Gasteiger partial charge in [-0.15, -0.1) is 0 Å². The van der Waals surface area contributed by atoms with Gasteiger partial charge in [0.1, 0.15) is 5.76 Å². The van der Waals surface area contributed by atoms with Crippen LogP contribution < -0.4 is 16.0 Å². The summed E-state index contributed by atoms with van der Waals surface area (Å²) in [6, 6.07) is 7.58. The fourth-order valence-electron chi connectivity index (χ4n) is 2.55. The fourth-order valence-corrected chi connectivity index (χ4v) is 2.79. The zero-order chi connectivity index (χ0) is 17.3. The van der Waals surface area contributed by atoms with Crippen LogP contribution in [-0.4, -0.2) is 17.1 Å². The number of carbonyl (C=O) groups is 2. The predicted octanol–water partition coefficient (Wildman–Crippen LogP) is 2.90. The lowest BCUT2D eigenvalue weighted by Gasteiger charge is -2.29. The molecular weight excluding hydrogens is 332 g/mol. The second-order valence-electron chi connectivity index (χ2n) is 5.37. The van der Waals surface area contributed by atoms with E-state index < -0.39 is 18.0 Å². The summed E-state index contributed by atoms with van der Waals surface area (Å²) >= 11 is 6.23. The molecule has 0 fully saturated rings. The van der Waals surface area contributed by atoms with E-state index in [1.807, 2.05) is 0 Å². The van der Waals surface area contributed by atoms with Crippen LogP contribution in [0.25, 0.3) is 0 Å². The second kappa shape index (κ2) is 6.37. The third-order valence-corrected chi connectivity index (χ3v) is 3.94. The van der Waals surface area contributed by atoms with Crippen LogP contribution in [0.2, 0.25) is 5.02 Å². The number of halogens is 1. The molecule has 124 valence electrons. The number of rotatable bonds is 3. The van der Waals surface area contributed by atoms with Crippen LogP contribution in [0.4, 0.5) is 10.6 Å². The van der Waals surface area contributed by atoms with Crippen molar-refractivity contribution in [2.24, 2.45) is 0 Å². The monoisotopic (exact) mass is 346 g/mol. The molecule has 0 saturated carbocycles. The molecule has 1 aromatic carbocycles. The van der Waals surface area contributed by atoms with Gasteiger partial charge in [0.05, 0.1) is 11.6 Å². The molecule has 1 aliphatic rings. The van der Waals surface area contributed by atoms with E-state index in [0.29, 0.717) is 33.4 Å². The maximum absolute atomic E-state index is 12.7. The van der Waals surface area contributed by atoms with Gasteiger partial charge in [0.2, 0.25) is 0 Å². The molecule has 24 heavy (non-hydrogen) atoms. The Morgan fingerprint density at radius 3 is 2.75 bits per heavy atom. The number of hydrogen-bond donors (Lipinski definition) is 3. The summed E-state index contributed by atoms with van der Waals surface area (Å²) in [5.74, 6) is 0.472. The van der Waals surface area contributed by atoms with Crippen molar-refractivity contribution in [2.75, 3.05) is 5.32 Å². The number of aryl methyl sites for hydroxylation is 1. The molecule has 0 bridgehead atoms. The molecule has 7 nitrogen and oxygen atoms in total. The Morgan fingerprint density at radius 1 is 1.33 bits per heavy atom. The predicted molar refractivity (Wildman–Crippen MR) is 88.4 cm³/mol. The maximum Gasteiger partial charge on any atom is 0.319 e. The fraction of sp³-hybridized carbons (Fsp3) is 0.188. The van der Waals surface area contributed by atoms with Crippen LogP contribution in [0, 0.1) is 6.92 Å². The SMILES string of the molecule is CC1=C(C(=O)Nc2cc(C)on2)C(c2ccccc2Cl)NC(=O)N1. The lowest BCUT2D eigenvalue weighted by atomic mass is 9.95. The summed E-state index contributed by atoms with van der Waals surface area (Å²) in [5.41, 5.74) is 1.43. The number of urea groups is 1. The minimum Gasteiger partial charge on any atom is -0.360 e. The van der Waals surface area contributed by atoms with E-state index in [2.05, 4.69) is 21.1 Å². The van der Waals surface area contributed by atoms with E-state index in [-0.39, 0.29) is 0 Å². The van der Waals surface area contributed by atoms with E-state index in [1.54, 1.807) is 44.2 Å². The number of hydrogen-bond acceptors (Lipinski definition) is 4. The lowest BCUT2D eigenvalue weighted by molar-refractivity contribution is -0.113. The first-order valence-corrected chi connectivity index (χ1v) is 7.61. The molecule has 8 heteroatoms. The number of anilines is 1. The van der Waals surface area contributed by atoms with Crippen molar-refractivity contribution in [2.45, 2.75) is 19.9 Å². The van der Waals surface area contributed by atoms with Gasteiger partial charge in [0.25, 0.3) is 5.91 Å². The molecule has 1 aliphatic heterocycles. The van der Waals surface area contributed by atoms with Crippen LogP contribution in [0.15, 0.2) is 46.1 Å². The van der Waals surface area contributed by atoms with Crippen LogP contribution in [-0.2, 0) is 4.79 Å². The number of nitrogens with one attached hydrogen (secondary N) is 3. The average molecular weight is 347 g/mol. The molecule has 1 unspecified atom stereocenters.